The molecule has 10 nitrogen and oxygen atoms in total. The van der Waals surface area contributed by atoms with E-state index < -0.39 is 0 Å². The van der Waals surface area contributed by atoms with Gasteiger partial charge in [-0.3, -0.25) is 9.69 Å². The molecule has 1 aliphatic heterocycles. The Morgan fingerprint density at radius 1 is 1.00 bits per heavy atom. The minimum atomic E-state index is -0.154. The Morgan fingerprint density at radius 3 is 2.54 bits per heavy atom. The number of hydrogen-bond acceptors (Lipinski definition) is 10. The average molecular weight is 603 g/mol. The fourth-order valence-corrected chi connectivity index (χ4v) is 4.76. The van der Waals surface area contributed by atoms with Crippen molar-refractivity contribution in [3.8, 4) is 11.5 Å². The van der Waals surface area contributed by atoms with Gasteiger partial charge < -0.3 is 29.2 Å². The number of aromatic nitrogens is 2. The van der Waals surface area contributed by atoms with Crippen molar-refractivity contribution < 1.29 is 23.7 Å². The Morgan fingerprint density at radius 2 is 1.77 bits per heavy atom. The minimum Gasteiger partial charge on any atom is -0.490 e. The molecule has 11 heteroatoms. The lowest BCUT2D eigenvalue weighted by atomic mass is 10.2. The molecule has 1 aromatic heterocycles. The smallest absolute Gasteiger partial charge is 0.320 e. The Labute approximate surface area is 237 Å². The first-order valence-electron chi connectivity index (χ1n) is 13.2. The number of nitrogens with one attached hydrogen (secondary N) is 1. The zero-order valence-electron chi connectivity index (χ0n) is 22.5. The van der Waals surface area contributed by atoms with Gasteiger partial charge in [-0.1, -0.05) is 22.0 Å². The van der Waals surface area contributed by atoms with Crippen LogP contribution in [0.4, 0.5) is 11.5 Å². The number of carbonyl (C=O) groups excluding carboxylic acids is 1. The molecule has 1 saturated heterocycles. The third-order valence-corrected chi connectivity index (χ3v) is 6.83. The number of carbonyl (C=O) groups is 1. The second kappa shape index (κ2) is 15.0. The topological polar surface area (TPSA) is 98.3 Å². The summed E-state index contributed by atoms with van der Waals surface area (Å²) in [6.07, 6.45) is 2.40. The van der Waals surface area contributed by atoms with Crippen LogP contribution in [0.2, 0.25) is 0 Å². The molecule has 0 bridgehead atoms. The highest BCUT2D eigenvalue weighted by molar-refractivity contribution is 9.10. The highest BCUT2D eigenvalue weighted by atomic mass is 79.9. The van der Waals surface area contributed by atoms with Gasteiger partial charge in [0.05, 0.1) is 31.9 Å². The van der Waals surface area contributed by atoms with Crippen molar-refractivity contribution in [1.29, 1.82) is 0 Å². The SMILES string of the molecule is CCOC(=O)CN1CCN(CCCOc2cc3c(Nc4cccc(Br)c4)ncnc3cc2OCCOC)CC1. The molecule has 1 N–H and O–H groups in total. The standard InChI is InChI=1S/C28H36BrN5O5/c1-3-37-27(35)19-34-11-9-33(10-12-34)8-5-13-38-25-17-23-24(18-26(25)39-15-14-36-2)30-20-31-28(23)32-22-7-4-6-21(29)16-22/h4,6-7,16-18,20H,3,5,8-15,19H2,1-2H3,(H,30,31,32). The molecule has 1 aliphatic rings. The second-order valence-corrected chi connectivity index (χ2v) is 10.1. The van der Waals surface area contributed by atoms with Gasteiger partial charge in [0.1, 0.15) is 18.8 Å². The van der Waals surface area contributed by atoms with Gasteiger partial charge in [-0.25, -0.2) is 9.97 Å². The average Bonchev–Trinajstić information content (AvgIpc) is 2.92. The van der Waals surface area contributed by atoms with Crippen LogP contribution in [-0.2, 0) is 14.3 Å². The van der Waals surface area contributed by atoms with Gasteiger partial charge in [0.2, 0.25) is 0 Å². The maximum absolute atomic E-state index is 11.7. The minimum absolute atomic E-state index is 0.154. The second-order valence-electron chi connectivity index (χ2n) is 9.14. The van der Waals surface area contributed by atoms with E-state index in [2.05, 4.69) is 41.0 Å². The van der Waals surface area contributed by atoms with Crippen LogP contribution >= 0.6 is 15.9 Å². The van der Waals surface area contributed by atoms with E-state index >= 15 is 0 Å². The molecule has 0 unspecified atom stereocenters. The lowest BCUT2D eigenvalue weighted by Crippen LogP contribution is -2.48. The van der Waals surface area contributed by atoms with Crippen LogP contribution in [0.15, 0.2) is 47.2 Å². The van der Waals surface area contributed by atoms with Crippen LogP contribution < -0.4 is 14.8 Å². The van der Waals surface area contributed by atoms with Crippen LogP contribution in [0.5, 0.6) is 11.5 Å². The highest BCUT2D eigenvalue weighted by Gasteiger charge is 2.19. The third kappa shape index (κ3) is 8.76. The molecule has 2 heterocycles. The van der Waals surface area contributed by atoms with E-state index in [1.54, 1.807) is 7.11 Å². The van der Waals surface area contributed by atoms with E-state index in [0.717, 1.165) is 60.2 Å². The largest absolute Gasteiger partial charge is 0.490 e. The van der Waals surface area contributed by atoms with Gasteiger partial charge in [-0.2, -0.15) is 0 Å². The van der Waals surface area contributed by atoms with Crippen LogP contribution in [0.3, 0.4) is 0 Å². The molecule has 2 aromatic carbocycles. The van der Waals surface area contributed by atoms with E-state index in [9.17, 15) is 4.79 Å². The molecule has 0 spiro atoms. The number of halogens is 1. The van der Waals surface area contributed by atoms with E-state index in [4.69, 9.17) is 18.9 Å². The van der Waals surface area contributed by atoms with Gasteiger partial charge in [-0.05, 0) is 37.6 Å². The molecular formula is C28H36BrN5O5. The fraction of sp³-hybridized carbons (Fsp3) is 0.464. The van der Waals surface area contributed by atoms with E-state index in [0.29, 0.717) is 50.3 Å². The monoisotopic (exact) mass is 601 g/mol. The normalized spacial score (nSPS) is 14.3. The third-order valence-electron chi connectivity index (χ3n) is 6.33. The molecule has 0 amide bonds. The molecule has 0 atom stereocenters. The number of hydrogen-bond donors (Lipinski definition) is 1. The summed E-state index contributed by atoms with van der Waals surface area (Å²) in [4.78, 5) is 25.2. The van der Waals surface area contributed by atoms with Crippen molar-refractivity contribution in [1.82, 2.24) is 19.8 Å². The number of benzene rings is 2. The molecule has 210 valence electrons. The van der Waals surface area contributed by atoms with Crippen molar-refractivity contribution in [3.05, 3.63) is 47.2 Å². The fourth-order valence-electron chi connectivity index (χ4n) is 4.36. The summed E-state index contributed by atoms with van der Waals surface area (Å²) >= 11 is 3.51. The number of fused-ring (bicyclic) bond motifs is 1. The summed E-state index contributed by atoms with van der Waals surface area (Å²) in [5.74, 6) is 1.80. The summed E-state index contributed by atoms with van der Waals surface area (Å²) in [6, 6.07) is 11.7. The number of anilines is 2. The van der Waals surface area contributed by atoms with Gasteiger partial charge >= 0.3 is 5.97 Å². The number of methoxy groups -OCH3 is 1. The number of piperazine rings is 1. The Balaban J connectivity index is 1.38. The Bertz CT molecular complexity index is 1220. The van der Waals surface area contributed by atoms with E-state index in [1.165, 1.54) is 6.33 Å². The molecule has 0 aliphatic carbocycles. The molecular weight excluding hydrogens is 566 g/mol. The van der Waals surface area contributed by atoms with Crippen LogP contribution in [0.25, 0.3) is 10.9 Å². The van der Waals surface area contributed by atoms with Crippen molar-refractivity contribution in [2.24, 2.45) is 0 Å². The number of nitrogens with zero attached hydrogens (tertiary/aromatic N) is 4. The molecule has 0 saturated carbocycles. The summed E-state index contributed by atoms with van der Waals surface area (Å²) in [5.41, 5.74) is 1.66. The first-order valence-corrected chi connectivity index (χ1v) is 14.0. The molecule has 1 fully saturated rings. The predicted molar refractivity (Wildman–Crippen MR) is 154 cm³/mol. The van der Waals surface area contributed by atoms with Gasteiger partial charge in [0.15, 0.2) is 11.5 Å². The van der Waals surface area contributed by atoms with Gasteiger partial charge in [0, 0.05) is 61.4 Å². The number of ether oxygens (including phenoxy) is 4. The van der Waals surface area contributed by atoms with Gasteiger partial charge in [-0.15, -0.1) is 0 Å². The Hall–Kier alpha value is -2.99. The summed E-state index contributed by atoms with van der Waals surface area (Å²) in [7, 11) is 1.64. The first kappa shape index (κ1) is 29.0. The zero-order chi connectivity index (χ0) is 27.5. The van der Waals surface area contributed by atoms with Gasteiger partial charge in [0.25, 0.3) is 0 Å². The maximum Gasteiger partial charge on any atom is 0.320 e. The van der Waals surface area contributed by atoms with Crippen LogP contribution in [0, 0.1) is 0 Å². The highest BCUT2D eigenvalue weighted by Crippen LogP contribution is 2.35. The van der Waals surface area contributed by atoms with Crippen molar-refractivity contribution in [2.45, 2.75) is 13.3 Å². The Kier molecular flexibility index (Phi) is 11.1. The number of esters is 1. The van der Waals surface area contributed by atoms with Crippen molar-refractivity contribution in [3.63, 3.8) is 0 Å². The summed E-state index contributed by atoms with van der Waals surface area (Å²) in [5, 5.41) is 4.22. The lowest BCUT2D eigenvalue weighted by molar-refractivity contribution is -0.144. The summed E-state index contributed by atoms with van der Waals surface area (Å²) < 4.78 is 23.4. The predicted octanol–water partition coefficient (Wildman–Crippen LogP) is 4.11. The van der Waals surface area contributed by atoms with Crippen LogP contribution in [-0.4, -0.2) is 98.5 Å². The molecule has 0 radical (unpaired) electrons. The zero-order valence-corrected chi connectivity index (χ0v) is 24.1. The maximum atomic E-state index is 11.7. The first-order chi connectivity index (χ1) is 19.1. The van der Waals surface area contributed by atoms with E-state index in [-0.39, 0.29) is 5.97 Å². The van der Waals surface area contributed by atoms with Crippen molar-refractivity contribution >= 4 is 44.3 Å². The molecule has 4 rings (SSSR count). The summed E-state index contributed by atoms with van der Waals surface area (Å²) in [6.45, 7) is 8.50. The van der Waals surface area contributed by atoms with Crippen LogP contribution in [0.1, 0.15) is 13.3 Å². The van der Waals surface area contributed by atoms with E-state index in [1.807, 2.05) is 43.3 Å². The molecule has 3 aromatic rings. The quantitative estimate of drug-likeness (QED) is 0.215. The lowest BCUT2D eigenvalue weighted by Gasteiger charge is -2.34. The molecule has 39 heavy (non-hydrogen) atoms. The van der Waals surface area contributed by atoms with Crippen molar-refractivity contribution in [2.75, 3.05) is 78.1 Å². The number of rotatable bonds is 14.